The summed E-state index contributed by atoms with van der Waals surface area (Å²) in [5.41, 5.74) is 24.4. The van der Waals surface area contributed by atoms with E-state index in [1.165, 1.54) is 103 Å². The van der Waals surface area contributed by atoms with Gasteiger partial charge in [-0.25, -0.2) is 4.70 Å². The van der Waals surface area contributed by atoms with Crippen LogP contribution in [-0.4, -0.2) is 4.70 Å². The molecule has 0 bridgehead atoms. The molecule has 0 radical (unpaired) electrons. The fourth-order valence-electron chi connectivity index (χ4n) is 6.00. The summed E-state index contributed by atoms with van der Waals surface area (Å²) < 4.78 is 1.55. The van der Waals surface area contributed by atoms with Gasteiger partial charge in [-0.1, -0.05) is 91.7 Å². The number of hydrogen-bond acceptors (Lipinski definition) is 0. The van der Waals surface area contributed by atoms with Gasteiger partial charge in [0.15, 0.2) is 0 Å². The first kappa shape index (κ1) is 34.2. The van der Waals surface area contributed by atoms with Crippen molar-refractivity contribution < 1.29 is 21.2 Å². The summed E-state index contributed by atoms with van der Waals surface area (Å²) in [6, 6.07) is 14.0. The maximum absolute atomic E-state index is 11.9. The van der Waals surface area contributed by atoms with Gasteiger partial charge < -0.3 is 5.53 Å². The van der Waals surface area contributed by atoms with Crippen LogP contribution in [0.1, 0.15) is 146 Å². The Morgan fingerprint density at radius 1 is 0.525 bits per heavy atom. The molecule has 0 saturated carbocycles. The third-order valence-electron chi connectivity index (χ3n) is 8.40. The molecule has 40 heavy (non-hydrogen) atoms. The third-order valence-corrected chi connectivity index (χ3v) is 8.40. The molecule has 0 atom stereocenters. The molecule has 0 fully saturated rings. The first-order valence-electron chi connectivity index (χ1n) is 16.2. The molecule has 2 aromatic carbocycles. The van der Waals surface area contributed by atoms with Gasteiger partial charge in [0.1, 0.15) is 0 Å². The van der Waals surface area contributed by atoms with E-state index in [9.17, 15) is 5.53 Å². The van der Waals surface area contributed by atoms with Crippen LogP contribution in [0.3, 0.4) is 0 Å². The van der Waals surface area contributed by atoms with Crippen molar-refractivity contribution in [2.75, 3.05) is 0 Å². The second-order valence-electron chi connectivity index (χ2n) is 11.6. The standard InChI is InChI=1S/C37H54N2.Ni/c1-7-12-15-16-17-18-21-35-28(6)36(33-24-29(10-4)22-30(11-5)25-33)39(38)37(35)34-26-31(19-13-8-2)23-32(27-34)20-14-9-3;/h22-27H,7-21H2,1-6H3;. The molecule has 0 N–H and O–H groups in total. The number of rotatable bonds is 17. The normalized spacial score (nSPS) is 13.4. The fraction of sp³-hybridized carbons (Fsp3) is 0.568. The van der Waals surface area contributed by atoms with Gasteiger partial charge in [0.2, 0.25) is 11.4 Å². The number of unbranched alkanes of at least 4 members (excludes halogenated alkanes) is 7. The molecule has 0 aromatic heterocycles. The van der Waals surface area contributed by atoms with Crippen molar-refractivity contribution in [1.82, 2.24) is 0 Å². The smallest absolute Gasteiger partial charge is 0.211 e. The second-order valence-corrected chi connectivity index (χ2v) is 11.6. The molecule has 1 aliphatic rings. The zero-order valence-electron chi connectivity index (χ0n) is 26.3. The van der Waals surface area contributed by atoms with Crippen molar-refractivity contribution in [1.29, 1.82) is 0 Å². The Bertz CT molecular complexity index is 1120. The van der Waals surface area contributed by atoms with Crippen LogP contribution in [0, 0.1) is 0 Å². The van der Waals surface area contributed by atoms with E-state index in [2.05, 4.69) is 77.9 Å². The van der Waals surface area contributed by atoms with Crippen LogP contribution in [-0.2, 0) is 42.2 Å². The predicted molar refractivity (Wildman–Crippen MR) is 170 cm³/mol. The summed E-state index contributed by atoms with van der Waals surface area (Å²) in [6.07, 6.45) is 17.7. The maximum Gasteiger partial charge on any atom is 0.211 e. The number of aryl methyl sites for hydroxylation is 4. The quantitative estimate of drug-likeness (QED) is 0.100. The van der Waals surface area contributed by atoms with Gasteiger partial charge in [-0.05, 0) is 105 Å². The Balaban J connectivity index is 0.00000560. The van der Waals surface area contributed by atoms with Crippen LogP contribution in [0.15, 0.2) is 47.5 Å². The van der Waals surface area contributed by atoms with Crippen LogP contribution in [0.4, 0.5) is 0 Å². The van der Waals surface area contributed by atoms with Crippen molar-refractivity contribution in [3.05, 3.63) is 86.5 Å². The van der Waals surface area contributed by atoms with Gasteiger partial charge in [0.05, 0.1) is 0 Å². The van der Waals surface area contributed by atoms with E-state index in [0.29, 0.717) is 0 Å². The molecular weight excluding hydrogens is 531 g/mol. The molecule has 2 nitrogen and oxygen atoms in total. The predicted octanol–water partition coefficient (Wildman–Crippen LogP) is 11.4. The van der Waals surface area contributed by atoms with E-state index in [4.69, 9.17) is 0 Å². The van der Waals surface area contributed by atoms with Crippen molar-refractivity contribution in [3.8, 4) is 0 Å². The summed E-state index contributed by atoms with van der Waals surface area (Å²) in [4.78, 5) is 0. The number of allylic oxidation sites excluding steroid dienone is 2. The van der Waals surface area contributed by atoms with Gasteiger partial charge in [0.25, 0.3) is 0 Å². The molecule has 1 heterocycles. The van der Waals surface area contributed by atoms with Crippen LogP contribution in [0.2, 0.25) is 0 Å². The summed E-state index contributed by atoms with van der Waals surface area (Å²) >= 11 is 0. The average molecular weight is 586 g/mol. The average Bonchev–Trinajstić information content (AvgIpc) is 3.20. The SMILES string of the molecule is CCCCCCCCC1=C(c2cc(CCCC)cc(CCCC)c2)[N+](=[N-])C(c2cc(CC)cc(CC)c2)=C1C.[Ni]. The molecule has 3 heteroatoms. The van der Waals surface area contributed by atoms with Gasteiger partial charge in [-0.15, -0.1) is 0 Å². The fourth-order valence-corrected chi connectivity index (χ4v) is 6.00. The largest absolute Gasteiger partial charge is 0.493 e. The molecule has 0 aliphatic carbocycles. The molecular formula is C37H54N2Ni. The van der Waals surface area contributed by atoms with Gasteiger partial charge in [-0.2, -0.15) is 0 Å². The summed E-state index contributed by atoms with van der Waals surface area (Å²) in [5.74, 6) is 0. The maximum atomic E-state index is 11.9. The van der Waals surface area contributed by atoms with E-state index in [-0.39, 0.29) is 16.5 Å². The molecule has 0 amide bonds. The van der Waals surface area contributed by atoms with E-state index < -0.39 is 0 Å². The minimum atomic E-state index is 0. The molecule has 0 spiro atoms. The summed E-state index contributed by atoms with van der Waals surface area (Å²) in [7, 11) is 0. The zero-order chi connectivity index (χ0) is 28.2. The topological polar surface area (TPSA) is 25.3 Å². The van der Waals surface area contributed by atoms with Gasteiger partial charge in [0, 0.05) is 38.8 Å². The van der Waals surface area contributed by atoms with Crippen molar-refractivity contribution in [2.45, 2.75) is 138 Å². The van der Waals surface area contributed by atoms with Crippen LogP contribution < -0.4 is 0 Å². The minimum Gasteiger partial charge on any atom is -0.493 e. The zero-order valence-corrected chi connectivity index (χ0v) is 27.3. The number of benzene rings is 2. The minimum absolute atomic E-state index is 0. The third kappa shape index (κ3) is 9.01. The monoisotopic (exact) mass is 584 g/mol. The van der Waals surface area contributed by atoms with E-state index in [0.717, 1.165) is 49.1 Å². The van der Waals surface area contributed by atoms with E-state index >= 15 is 0 Å². The van der Waals surface area contributed by atoms with Crippen molar-refractivity contribution in [3.63, 3.8) is 0 Å². The van der Waals surface area contributed by atoms with Gasteiger partial charge >= 0.3 is 0 Å². The molecule has 3 rings (SSSR count). The van der Waals surface area contributed by atoms with Crippen LogP contribution in [0.25, 0.3) is 16.9 Å². The molecule has 1 aliphatic heterocycles. The van der Waals surface area contributed by atoms with Crippen LogP contribution >= 0.6 is 0 Å². The first-order valence-corrected chi connectivity index (χ1v) is 16.2. The first-order chi connectivity index (χ1) is 19.0. The van der Waals surface area contributed by atoms with Crippen molar-refractivity contribution in [2.24, 2.45) is 0 Å². The molecule has 0 saturated heterocycles. The molecule has 0 unspecified atom stereocenters. The Kier molecular flexibility index (Phi) is 15.2. The Hall–Kier alpha value is -1.99. The van der Waals surface area contributed by atoms with Crippen LogP contribution in [0.5, 0.6) is 0 Å². The van der Waals surface area contributed by atoms with Gasteiger partial charge in [-0.3, -0.25) is 0 Å². The molecule has 222 valence electrons. The summed E-state index contributed by atoms with van der Waals surface area (Å²) in [5, 5.41) is 0. The molecule has 2 aromatic rings. The van der Waals surface area contributed by atoms with E-state index in [1.54, 1.807) is 4.70 Å². The number of nitrogens with zero attached hydrogens (tertiary/aromatic N) is 2. The Labute approximate surface area is 256 Å². The Morgan fingerprint density at radius 2 is 0.975 bits per heavy atom. The van der Waals surface area contributed by atoms with E-state index in [1.807, 2.05) is 0 Å². The Morgan fingerprint density at radius 3 is 1.50 bits per heavy atom. The van der Waals surface area contributed by atoms with Crippen molar-refractivity contribution >= 4 is 11.4 Å². The second kappa shape index (κ2) is 17.7. The summed E-state index contributed by atoms with van der Waals surface area (Å²) in [6.45, 7) is 13.5. The number of hydrogen-bond donors (Lipinski definition) is 0.